The zero-order chi connectivity index (χ0) is 14.7. The molecule has 4 heteroatoms. The Labute approximate surface area is 119 Å². The normalized spacial score (nSPS) is 14.7. The number of aryl methyl sites for hydroxylation is 1. The van der Waals surface area contributed by atoms with Gasteiger partial charge in [0.1, 0.15) is 17.2 Å². The molecule has 0 bridgehead atoms. The minimum atomic E-state index is -0.235. The minimum absolute atomic E-state index is 0.0978. The van der Waals surface area contributed by atoms with E-state index in [1.54, 1.807) is 13.2 Å². The number of hydrogen-bond donors (Lipinski definition) is 1. The third-order valence-corrected chi connectivity index (χ3v) is 3.87. The molecule has 0 aliphatic carbocycles. The highest BCUT2D eigenvalue weighted by molar-refractivity contribution is 5.82. The average molecular weight is 279 g/mol. The molecule has 0 fully saturated rings. The minimum Gasteiger partial charge on any atom is -0.459 e. The standard InChI is InChI=1S/C16H22FNO2/c1-10(7-8-19-4)15(18-3)16-11(2)13-9-12(17)5-6-14(13)20-16/h5-6,9-10,15,18H,7-8H2,1-4H3. The summed E-state index contributed by atoms with van der Waals surface area (Å²) >= 11 is 0. The average Bonchev–Trinajstić information content (AvgIpc) is 2.75. The van der Waals surface area contributed by atoms with Crippen molar-refractivity contribution in [2.24, 2.45) is 5.92 Å². The molecule has 0 aliphatic rings. The van der Waals surface area contributed by atoms with Gasteiger partial charge in [-0.3, -0.25) is 0 Å². The van der Waals surface area contributed by atoms with Crippen molar-refractivity contribution in [1.82, 2.24) is 5.32 Å². The monoisotopic (exact) mass is 279 g/mol. The number of fused-ring (bicyclic) bond motifs is 1. The van der Waals surface area contributed by atoms with E-state index < -0.39 is 0 Å². The van der Waals surface area contributed by atoms with Crippen LogP contribution in [-0.4, -0.2) is 20.8 Å². The predicted octanol–water partition coefficient (Wildman–Crippen LogP) is 3.81. The summed E-state index contributed by atoms with van der Waals surface area (Å²) in [5.74, 6) is 1.02. The van der Waals surface area contributed by atoms with Crippen LogP contribution < -0.4 is 5.32 Å². The van der Waals surface area contributed by atoms with E-state index in [1.807, 2.05) is 14.0 Å². The predicted molar refractivity (Wildman–Crippen MR) is 78.4 cm³/mol. The molecular formula is C16H22FNO2. The molecule has 1 heterocycles. The lowest BCUT2D eigenvalue weighted by atomic mass is 9.94. The Balaban J connectivity index is 2.36. The van der Waals surface area contributed by atoms with E-state index in [-0.39, 0.29) is 11.9 Å². The molecule has 110 valence electrons. The number of methoxy groups -OCH3 is 1. The van der Waals surface area contributed by atoms with Gasteiger partial charge in [0.05, 0.1) is 6.04 Å². The fourth-order valence-electron chi connectivity index (χ4n) is 2.65. The summed E-state index contributed by atoms with van der Waals surface area (Å²) < 4.78 is 24.4. The first-order chi connectivity index (χ1) is 9.58. The highest BCUT2D eigenvalue weighted by Gasteiger charge is 2.24. The van der Waals surface area contributed by atoms with Gasteiger partial charge in [-0.05, 0) is 44.5 Å². The van der Waals surface area contributed by atoms with Gasteiger partial charge in [-0.2, -0.15) is 0 Å². The smallest absolute Gasteiger partial charge is 0.134 e. The van der Waals surface area contributed by atoms with Crippen molar-refractivity contribution in [3.63, 3.8) is 0 Å². The summed E-state index contributed by atoms with van der Waals surface area (Å²) in [7, 11) is 3.62. The van der Waals surface area contributed by atoms with Crippen LogP contribution in [0.1, 0.15) is 30.7 Å². The summed E-state index contributed by atoms with van der Waals surface area (Å²) in [6.45, 7) is 4.86. The third kappa shape index (κ3) is 2.86. The lowest BCUT2D eigenvalue weighted by Crippen LogP contribution is -2.24. The van der Waals surface area contributed by atoms with Gasteiger partial charge in [0, 0.05) is 24.7 Å². The van der Waals surface area contributed by atoms with Crippen LogP contribution in [0.4, 0.5) is 4.39 Å². The Kier molecular flexibility index (Phi) is 4.78. The van der Waals surface area contributed by atoms with Crippen LogP contribution in [0.15, 0.2) is 22.6 Å². The van der Waals surface area contributed by atoms with Gasteiger partial charge in [-0.25, -0.2) is 4.39 Å². The Morgan fingerprint density at radius 1 is 1.40 bits per heavy atom. The molecule has 2 atom stereocenters. The molecule has 0 saturated carbocycles. The van der Waals surface area contributed by atoms with E-state index in [4.69, 9.17) is 9.15 Å². The van der Waals surface area contributed by atoms with Crippen molar-refractivity contribution < 1.29 is 13.5 Å². The molecule has 3 nitrogen and oxygen atoms in total. The van der Waals surface area contributed by atoms with Crippen LogP contribution in [0.25, 0.3) is 11.0 Å². The zero-order valence-corrected chi connectivity index (χ0v) is 12.5. The second-order valence-corrected chi connectivity index (χ2v) is 5.26. The third-order valence-electron chi connectivity index (χ3n) is 3.87. The van der Waals surface area contributed by atoms with Crippen molar-refractivity contribution in [3.05, 3.63) is 35.3 Å². The second-order valence-electron chi connectivity index (χ2n) is 5.26. The molecule has 1 N–H and O–H groups in total. The molecular weight excluding hydrogens is 257 g/mol. The number of hydrogen-bond acceptors (Lipinski definition) is 3. The van der Waals surface area contributed by atoms with Crippen LogP contribution in [0, 0.1) is 18.7 Å². The molecule has 1 aromatic carbocycles. The first-order valence-corrected chi connectivity index (χ1v) is 6.93. The lowest BCUT2D eigenvalue weighted by Gasteiger charge is -2.22. The van der Waals surface area contributed by atoms with Crippen LogP contribution in [0.5, 0.6) is 0 Å². The SMILES string of the molecule is CNC(c1oc2ccc(F)cc2c1C)C(C)CCOC. The van der Waals surface area contributed by atoms with E-state index >= 15 is 0 Å². The number of benzene rings is 1. The Bertz CT molecular complexity index is 579. The van der Waals surface area contributed by atoms with Crippen molar-refractivity contribution in [1.29, 1.82) is 0 Å². The van der Waals surface area contributed by atoms with Crippen LogP contribution in [0.2, 0.25) is 0 Å². The van der Waals surface area contributed by atoms with E-state index in [9.17, 15) is 4.39 Å². The maximum absolute atomic E-state index is 13.4. The molecule has 2 unspecified atom stereocenters. The van der Waals surface area contributed by atoms with Gasteiger partial charge < -0.3 is 14.5 Å². The molecule has 0 saturated heterocycles. The number of ether oxygens (including phenoxy) is 1. The van der Waals surface area contributed by atoms with Gasteiger partial charge in [-0.15, -0.1) is 0 Å². The second kappa shape index (κ2) is 6.37. The number of rotatable bonds is 6. The fourth-order valence-corrected chi connectivity index (χ4v) is 2.65. The first kappa shape index (κ1) is 15.0. The van der Waals surface area contributed by atoms with Crippen LogP contribution >= 0.6 is 0 Å². The van der Waals surface area contributed by atoms with E-state index in [1.165, 1.54) is 12.1 Å². The highest BCUT2D eigenvalue weighted by Crippen LogP contribution is 2.34. The van der Waals surface area contributed by atoms with Gasteiger partial charge in [-0.1, -0.05) is 6.92 Å². The molecule has 0 aliphatic heterocycles. The van der Waals surface area contributed by atoms with E-state index in [2.05, 4.69) is 12.2 Å². The quantitative estimate of drug-likeness (QED) is 0.873. The Hall–Kier alpha value is -1.39. The van der Waals surface area contributed by atoms with Crippen LogP contribution in [0.3, 0.4) is 0 Å². The van der Waals surface area contributed by atoms with Gasteiger partial charge >= 0.3 is 0 Å². The first-order valence-electron chi connectivity index (χ1n) is 6.93. The van der Waals surface area contributed by atoms with Gasteiger partial charge in [0.15, 0.2) is 0 Å². The number of halogens is 1. The summed E-state index contributed by atoms with van der Waals surface area (Å²) in [6, 6.07) is 4.75. The van der Waals surface area contributed by atoms with Crippen molar-refractivity contribution in [3.8, 4) is 0 Å². The fraction of sp³-hybridized carbons (Fsp3) is 0.500. The van der Waals surface area contributed by atoms with E-state index in [0.29, 0.717) is 12.5 Å². The Morgan fingerprint density at radius 2 is 2.15 bits per heavy atom. The maximum Gasteiger partial charge on any atom is 0.134 e. The van der Waals surface area contributed by atoms with Crippen molar-refractivity contribution >= 4 is 11.0 Å². The number of nitrogens with one attached hydrogen (secondary N) is 1. The zero-order valence-electron chi connectivity index (χ0n) is 12.5. The Morgan fingerprint density at radius 3 is 2.80 bits per heavy atom. The maximum atomic E-state index is 13.4. The molecule has 20 heavy (non-hydrogen) atoms. The largest absolute Gasteiger partial charge is 0.459 e. The van der Waals surface area contributed by atoms with Crippen LogP contribution in [-0.2, 0) is 4.74 Å². The number of furan rings is 1. The summed E-state index contributed by atoms with van der Waals surface area (Å²) in [5, 5.41) is 4.15. The molecule has 2 aromatic rings. The molecule has 0 amide bonds. The van der Waals surface area contributed by atoms with E-state index in [0.717, 1.165) is 28.7 Å². The van der Waals surface area contributed by atoms with Gasteiger partial charge in [0.2, 0.25) is 0 Å². The highest BCUT2D eigenvalue weighted by atomic mass is 19.1. The molecule has 0 radical (unpaired) electrons. The lowest BCUT2D eigenvalue weighted by molar-refractivity contribution is 0.168. The van der Waals surface area contributed by atoms with Crippen molar-refractivity contribution in [2.45, 2.75) is 26.3 Å². The van der Waals surface area contributed by atoms with Gasteiger partial charge in [0.25, 0.3) is 0 Å². The summed E-state index contributed by atoms with van der Waals surface area (Å²) in [6.07, 6.45) is 0.937. The summed E-state index contributed by atoms with van der Waals surface area (Å²) in [4.78, 5) is 0. The molecule has 2 rings (SSSR count). The summed E-state index contributed by atoms with van der Waals surface area (Å²) in [5.41, 5.74) is 1.74. The molecule has 0 spiro atoms. The topological polar surface area (TPSA) is 34.4 Å². The molecule has 1 aromatic heterocycles. The van der Waals surface area contributed by atoms with Crippen molar-refractivity contribution in [2.75, 3.05) is 20.8 Å².